The fourth-order valence-electron chi connectivity index (χ4n) is 1.53. The molecule has 5 heteroatoms. The third-order valence-corrected chi connectivity index (χ3v) is 3.20. The molecule has 0 amide bonds. The van der Waals surface area contributed by atoms with Crippen molar-refractivity contribution in [1.29, 1.82) is 0 Å². The normalized spacial score (nSPS) is 13.9. The van der Waals surface area contributed by atoms with E-state index in [0.717, 1.165) is 0 Å². The molecule has 0 rings (SSSR count). The highest BCUT2D eigenvalue weighted by Crippen LogP contribution is 2.04. The van der Waals surface area contributed by atoms with Crippen LogP contribution in [0, 0.1) is 0 Å². The first-order valence-electron chi connectivity index (χ1n) is 6.13. The summed E-state index contributed by atoms with van der Waals surface area (Å²) in [6.07, 6.45) is 7.47. The Morgan fingerprint density at radius 2 is 1.81 bits per heavy atom. The smallest absolute Gasteiger partial charge is 0.208 e. The van der Waals surface area contributed by atoms with Gasteiger partial charge in [0.1, 0.15) is 0 Å². The summed E-state index contributed by atoms with van der Waals surface area (Å²) in [6.45, 7) is 5.52. The number of hydrogen-bond acceptors (Lipinski definition) is 3. The maximum Gasteiger partial charge on any atom is 0.208 e. The molecule has 16 heavy (non-hydrogen) atoms. The van der Waals surface area contributed by atoms with E-state index in [0.29, 0.717) is 19.1 Å². The van der Waals surface area contributed by atoms with E-state index < -0.39 is 10.0 Å². The number of nitrogens with one attached hydrogen (secondary N) is 2. The lowest BCUT2D eigenvalue weighted by molar-refractivity contribution is 0.483. The average molecular weight is 250 g/mol. The molecule has 0 bridgehead atoms. The molecular formula is C11H26N2O2S. The first kappa shape index (κ1) is 15.9. The fourth-order valence-corrected chi connectivity index (χ4v) is 2.01. The van der Waals surface area contributed by atoms with Crippen molar-refractivity contribution >= 4 is 10.0 Å². The van der Waals surface area contributed by atoms with Crippen molar-refractivity contribution in [2.24, 2.45) is 0 Å². The van der Waals surface area contributed by atoms with Crippen LogP contribution in [0.3, 0.4) is 0 Å². The molecule has 0 aromatic heterocycles. The molecular weight excluding hydrogens is 224 g/mol. The van der Waals surface area contributed by atoms with Crippen LogP contribution in [-0.4, -0.2) is 33.8 Å². The van der Waals surface area contributed by atoms with Crippen molar-refractivity contribution in [1.82, 2.24) is 10.0 Å². The zero-order valence-corrected chi connectivity index (χ0v) is 11.6. The van der Waals surface area contributed by atoms with E-state index in [-0.39, 0.29) is 0 Å². The van der Waals surface area contributed by atoms with Crippen molar-refractivity contribution in [3.05, 3.63) is 0 Å². The predicted octanol–water partition coefficient (Wildman–Crippen LogP) is 1.48. The second-order valence-corrected chi connectivity index (χ2v) is 6.20. The van der Waals surface area contributed by atoms with Crippen molar-refractivity contribution in [3.8, 4) is 0 Å². The highest BCUT2D eigenvalue weighted by atomic mass is 32.2. The molecule has 0 aliphatic carbocycles. The second kappa shape index (κ2) is 8.96. The van der Waals surface area contributed by atoms with Gasteiger partial charge in [-0.15, -0.1) is 0 Å². The van der Waals surface area contributed by atoms with Gasteiger partial charge in [-0.25, -0.2) is 13.1 Å². The summed E-state index contributed by atoms with van der Waals surface area (Å²) in [5, 5.41) is 3.31. The molecule has 2 N–H and O–H groups in total. The van der Waals surface area contributed by atoms with Crippen molar-refractivity contribution in [2.75, 3.05) is 19.3 Å². The Bertz CT molecular complexity index is 253. The summed E-state index contributed by atoms with van der Waals surface area (Å²) in [6, 6.07) is 0.471. The fraction of sp³-hybridized carbons (Fsp3) is 1.00. The van der Waals surface area contributed by atoms with Crippen LogP contribution in [0.15, 0.2) is 0 Å². The van der Waals surface area contributed by atoms with Crippen molar-refractivity contribution in [3.63, 3.8) is 0 Å². The van der Waals surface area contributed by atoms with Crippen LogP contribution in [0.2, 0.25) is 0 Å². The summed E-state index contributed by atoms with van der Waals surface area (Å²) in [5.74, 6) is 0. The molecule has 0 fully saturated rings. The molecule has 0 aliphatic rings. The molecule has 0 aromatic carbocycles. The van der Waals surface area contributed by atoms with Gasteiger partial charge in [0, 0.05) is 19.1 Å². The van der Waals surface area contributed by atoms with E-state index in [1.807, 2.05) is 0 Å². The zero-order valence-electron chi connectivity index (χ0n) is 10.8. The molecule has 0 saturated carbocycles. The third kappa shape index (κ3) is 11.9. The van der Waals surface area contributed by atoms with Crippen molar-refractivity contribution < 1.29 is 8.42 Å². The molecule has 0 aliphatic heterocycles. The van der Waals surface area contributed by atoms with Gasteiger partial charge >= 0.3 is 0 Å². The molecule has 0 saturated heterocycles. The minimum absolute atomic E-state index is 0.470. The van der Waals surface area contributed by atoms with Gasteiger partial charge in [0.2, 0.25) is 10.0 Å². The lowest BCUT2D eigenvalue weighted by Crippen LogP contribution is -2.35. The van der Waals surface area contributed by atoms with E-state index in [1.165, 1.54) is 38.4 Å². The number of unbranched alkanes of at least 4 members (excludes halogenated alkanes) is 3. The maximum atomic E-state index is 10.8. The van der Waals surface area contributed by atoms with Crippen LogP contribution in [-0.2, 0) is 10.0 Å². The predicted molar refractivity (Wildman–Crippen MR) is 69.1 cm³/mol. The van der Waals surface area contributed by atoms with Gasteiger partial charge in [-0.05, 0) is 13.3 Å². The Morgan fingerprint density at radius 1 is 1.12 bits per heavy atom. The summed E-state index contributed by atoms with van der Waals surface area (Å²) < 4.78 is 24.0. The largest absolute Gasteiger partial charge is 0.313 e. The lowest BCUT2D eigenvalue weighted by Gasteiger charge is -2.13. The molecule has 1 unspecified atom stereocenters. The highest BCUT2D eigenvalue weighted by molar-refractivity contribution is 7.88. The van der Waals surface area contributed by atoms with Gasteiger partial charge in [0.25, 0.3) is 0 Å². The minimum Gasteiger partial charge on any atom is -0.313 e. The Morgan fingerprint density at radius 3 is 2.38 bits per heavy atom. The Kier molecular flexibility index (Phi) is 8.89. The van der Waals surface area contributed by atoms with E-state index in [9.17, 15) is 8.42 Å². The Balaban J connectivity index is 3.33. The Labute approximate surface area is 100 Å². The van der Waals surface area contributed by atoms with Crippen LogP contribution in [0.1, 0.15) is 46.0 Å². The molecule has 0 radical (unpaired) electrons. The van der Waals surface area contributed by atoms with Crippen LogP contribution >= 0.6 is 0 Å². The quantitative estimate of drug-likeness (QED) is 0.577. The van der Waals surface area contributed by atoms with Crippen LogP contribution in [0.4, 0.5) is 0 Å². The summed E-state index contributed by atoms with van der Waals surface area (Å²) in [4.78, 5) is 0. The Hall–Kier alpha value is -0.130. The van der Waals surface area contributed by atoms with Crippen LogP contribution < -0.4 is 10.0 Å². The van der Waals surface area contributed by atoms with Gasteiger partial charge in [-0.1, -0.05) is 32.6 Å². The average Bonchev–Trinajstić information content (AvgIpc) is 2.18. The first-order valence-corrected chi connectivity index (χ1v) is 8.03. The standard InChI is InChI=1S/C11H26N2O2S/c1-4-5-6-7-8-11(2)12-9-10-13-16(3,14)15/h11-13H,4-10H2,1-3H3. The molecule has 4 nitrogen and oxygen atoms in total. The van der Waals surface area contributed by atoms with Gasteiger partial charge in [-0.2, -0.15) is 0 Å². The lowest BCUT2D eigenvalue weighted by atomic mass is 10.1. The van der Waals surface area contributed by atoms with Gasteiger partial charge in [-0.3, -0.25) is 0 Å². The first-order chi connectivity index (χ1) is 7.45. The number of sulfonamides is 1. The molecule has 0 aromatic rings. The van der Waals surface area contributed by atoms with E-state index in [2.05, 4.69) is 23.9 Å². The monoisotopic (exact) mass is 250 g/mol. The minimum atomic E-state index is -3.04. The summed E-state index contributed by atoms with van der Waals surface area (Å²) in [7, 11) is -3.04. The number of hydrogen-bond donors (Lipinski definition) is 2. The maximum absolute atomic E-state index is 10.8. The van der Waals surface area contributed by atoms with E-state index in [4.69, 9.17) is 0 Å². The number of rotatable bonds is 10. The van der Waals surface area contributed by atoms with Crippen LogP contribution in [0.5, 0.6) is 0 Å². The molecule has 98 valence electrons. The highest BCUT2D eigenvalue weighted by Gasteiger charge is 2.02. The van der Waals surface area contributed by atoms with Gasteiger partial charge < -0.3 is 5.32 Å². The summed E-state index contributed by atoms with van der Waals surface area (Å²) >= 11 is 0. The van der Waals surface area contributed by atoms with Crippen molar-refractivity contribution in [2.45, 2.75) is 52.0 Å². The summed E-state index contributed by atoms with van der Waals surface area (Å²) in [5.41, 5.74) is 0. The second-order valence-electron chi connectivity index (χ2n) is 4.37. The molecule has 0 heterocycles. The van der Waals surface area contributed by atoms with Gasteiger partial charge in [0.05, 0.1) is 6.26 Å². The SMILES string of the molecule is CCCCCCC(C)NCCNS(C)(=O)=O. The molecule has 0 spiro atoms. The van der Waals surface area contributed by atoms with Gasteiger partial charge in [0.15, 0.2) is 0 Å². The van der Waals surface area contributed by atoms with Crippen LogP contribution in [0.25, 0.3) is 0 Å². The topological polar surface area (TPSA) is 58.2 Å². The van der Waals surface area contributed by atoms with E-state index >= 15 is 0 Å². The zero-order chi connectivity index (χ0) is 12.4. The van der Waals surface area contributed by atoms with E-state index in [1.54, 1.807) is 0 Å². The molecule has 1 atom stereocenters. The third-order valence-electron chi connectivity index (χ3n) is 2.47.